The van der Waals surface area contributed by atoms with Crippen LogP contribution in [0.3, 0.4) is 0 Å². The van der Waals surface area contributed by atoms with E-state index in [-0.39, 0.29) is 41.9 Å². The van der Waals surface area contributed by atoms with Crippen molar-refractivity contribution in [1.29, 1.82) is 0 Å². The smallest absolute Gasteiger partial charge is 0.269 e. The third-order valence-corrected chi connectivity index (χ3v) is 12.9. The minimum atomic E-state index is -1.34. The number of nitrogens with zero attached hydrogens (tertiary/aromatic N) is 5. The minimum absolute atomic E-state index is 0.0190. The van der Waals surface area contributed by atoms with Gasteiger partial charge in [-0.25, -0.2) is 4.98 Å². The number of aliphatic hydroxyl groups excluding tert-OH is 1. The van der Waals surface area contributed by atoms with Gasteiger partial charge in [0.05, 0.1) is 24.5 Å². The number of imidazole rings is 1. The summed E-state index contributed by atoms with van der Waals surface area (Å²) in [5.74, 6) is -0.394. The second kappa shape index (κ2) is 20.9. The van der Waals surface area contributed by atoms with Crippen LogP contribution in [0.25, 0.3) is 11.2 Å². The van der Waals surface area contributed by atoms with Crippen LogP contribution in [-0.2, 0) is 36.6 Å². The minimum Gasteiger partial charge on any atom is -0.476 e. The highest BCUT2D eigenvalue weighted by molar-refractivity contribution is 5.88. The van der Waals surface area contributed by atoms with E-state index in [1.54, 1.807) is 16.7 Å². The van der Waals surface area contributed by atoms with Crippen molar-refractivity contribution in [3.63, 3.8) is 0 Å². The molecule has 1 fully saturated rings. The van der Waals surface area contributed by atoms with Crippen molar-refractivity contribution in [1.82, 2.24) is 19.5 Å². The van der Waals surface area contributed by atoms with Crippen LogP contribution in [0.2, 0.25) is 0 Å². The lowest BCUT2D eigenvalue weighted by molar-refractivity contribution is -0.384. The Labute approximate surface area is 415 Å². The molecule has 0 unspecified atom stereocenters. The van der Waals surface area contributed by atoms with Gasteiger partial charge in [0.25, 0.3) is 5.69 Å². The van der Waals surface area contributed by atoms with Gasteiger partial charge in [-0.1, -0.05) is 194 Å². The molecule has 0 spiro atoms. The predicted octanol–water partition coefficient (Wildman–Crippen LogP) is 9.96. The molecule has 1 aliphatic rings. The molecule has 0 saturated carbocycles. The molecular weight excluding hydrogens is 909 g/mol. The van der Waals surface area contributed by atoms with Gasteiger partial charge >= 0.3 is 0 Å². The van der Waals surface area contributed by atoms with E-state index in [1.807, 2.05) is 182 Å². The number of anilines is 1. The summed E-state index contributed by atoms with van der Waals surface area (Å²) in [4.78, 5) is 37.5. The van der Waals surface area contributed by atoms with E-state index < -0.39 is 46.6 Å². The fourth-order valence-electron chi connectivity index (χ4n) is 9.55. The van der Waals surface area contributed by atoms with Gasteiger partial charge in [-0.3, -0.25) is 24.8 Å². The Hall–Kier alpha value is -8.40. The Morgan fingerprint density at radius 2 is 1.14 bits per heavy atom. The van der Waals surface area contributed by atoms with Gasteiger partial charge in [0, 0.05) is 25.5 Å². The zero-order valence-corrected chi connectivity index (χ0v) is 39.2. The van der Waals surface area contributed by atoms with Gasteiger partial charge in [-0.15, -0.1) is 0 Å². The van der Waals surface area contributed by atoms with E-state index in [2.05, 4.69) is 10.3 Å². The number of aliphatic hydroxyl groups is 1. The van der Waals surface area contributed by atoms with Crippen molar-refractivity contribution in [3.8, 4) is 5.88 Å². The maximum Gasteiger partial charge on any atom is 0.269 e. The largest absolute Gasteiger partial charge is 0.476 e. The second-order valence-electron chi connectivity index (χ2n) is 17.4. The predicted molar refractivity (Wildman–Crippen MR) is 271 cm³/mol. The standard InChI is InChI=1S/C58H50N6O8/c1-40(65)60-56-61-53-50(54(62-56)69-37-36-41-32-34-48(35-33-41)64(67)68)59-39-63(53)55-52(72-58(45-26-14-5-15-27-45,46-28-16-6-17-29-46)47-30-18-7-19-31-47)51(66)49(71-55)38-70-57(42-20-8-2-9-21-42,43-22-10-3-11-23-43)44-24-12-4-13-25-44/h2-35,39,49,51-52,55,66H,36-38H2,1H3,(H,60,61,62,65)/t49-,51-,52-,55-/m1/s1. The zero-order valence-electron chi connectivity index (χ0n) is 39.2. The van der Waals surface area contributed by atoms with Crippen molar-refractivity contribution in [2.24, 2.45) is 0 Å². The van der Waals surface area contributed by atoms with Gasteiger partial charge in [-0.2, -0.15) is 9.97 Å². The van der Waals surface area contributed by atoms with E-state index in [0.717, 1.165) is 38.9 Å². The summed E-state index contributed by atoms with van der Waals surface area (Å²) < 4.78 is 30.0. The number of benzene rings is 7. The van der Waals surface area contributed by atoms with Gasteiger partial charge in [0.1, 0.15) is 29.5 Å². The number of nitrogens with one attached hydrogen (secondary N) is 1. The molecule has 3 heterocycles. The van der Waals surface area contributed by atoms with Crippen molar-refractivity contribution in [3.05, 3.63) is 262 Å². The van der Waals surface area contributed by atoms with Crippen LogP contribution in [0.1, 0.15) is 52.1 Å². The normalized spacial score (nSPS) is 16.9. The van der Waals surface area contributed by atoms with Crippen molar-refractivity contribution in [2.45, 2.75) is 49.1 Å². The quantitative estimate of drug-likeness (QED) is 0.0476. The number of amides is 1. The number of nitro groups is 1. The van der Waals surface area contributed by atoms with Crippen LogP contribution < -0.4 is 10.1 Å². The van der Waals surface area contributed by atoms with Gasteiger partial charge in [0.2, 0.25) is 17.7 Å². The van der Waals surface area contributed by atoms with Crippen LogP contribution in [0.5, 0.6) is 5.88 Å². The van der Waals surface area contributed by atoms with E-state index in [4.69, 9.17) is 28.9 Å². The SMILES string of the molecule is CC(=O)Nc1nc(OCCc2ccc([N+](=O)[O-])cc2)c2ncn([C@@H]3O[C@H](COC(c4ccccc4)(c4ccccc4)c4ccccc4)[C@@H](O)[C@H]3OC(c3ccccc3)(c3ccccc3)c3ccccc3)c2n1. The summed E-state index contributed by atoms with van der Waals surface area (Å²) in [5.41, 5.74) is 3.84. The maximum atomic E-state index is 13.1. The molecule has 10 rings (SSSR count). The number of carbonyl (C=O) groups excluding carboxylic acids is 1. The first kappa shape index (κ1) is 47.3. The van der Waals surface area contributed by atoms with Crippen LogP contribution in [0.15, 0.2) is 213 Å². The Kier molecular flexibility index (Phi) is 13.7. The number of rotatable bonds is 18. The molecule has 1 saturated heterocycles. The lowest BCUT2D eigenvalue weighted by atomic mass is 9.79. The summed E-state index contributed by atoms with van der Waals surface area (Å²) in [6.45, 7) is 1.35. The maximum absolute atomic E-state index is 13.1. The van der Waals surface area contributed by atoms with Crippen molar-refractivity contribution in [2.75, 3.05) is 18.5 Å². The van der Waals surface area contributed by atoms with Crippen LogP contribution in [0, 0.1) is 10.1 Å². The molecule has 14 heteroatoms. The summed E-state index contributed by atoms with van der Waals surface area (Å²) in [7, 11) is 0. The van der Waals surface area contributed by atoms with Crippen molar-refractivity contribution >= 4 is 28.7 Å². The Morgan fingerprint density at radius 3 is 1.58 bits per heavy atom. The summed E-state index contributed by atoms with van der Waals surface area (Å²) in [6.07, 6.45) is -2.71. The molecule has 1 amide bonds. The summed E-state index contributed by atoms with van der Waals surface area (Å²) in [6, 6.07) is 65.8. The zero-order chi connectivity index (χ0) is 49.5. The number of carbonyl (C=O) groups is 1. The molecule has 0 bridgehead atoms. The molecule has 360 valence electrons. The van der Waals surface area contributed by atoms with E-state index in [0.29, 0.717) is 6.42 Å². The summed E-state index contributed by atoms with van der Waals surface area (Å²) in [5, 5.41) is 27.1. The molecule has 4 atom stereocenters. The fourth-order valence-corrected chi connectivity index (χ4v) is 9.55. The van der Waals surface area contributed by atoms with E-state index in [9.17, 15) is 20.0 Å². The average Bonchev–Trinajstić information content (AvgIpc) is 3.99. The number of non-ortho nitro benzene ring substituents is 1. The number of ether oxygens (including phenoxy) is 4. The number of hydrogen-bond donors (Lipinski definition) is 2. The van der Waals surface area contributed by atoms with Crippen LogP contribution in [0.4, 0.5) is 11.6 Å². The van der Waals surface area contributed by atoms with Gasteiger partial charge < -0.3 is 24.1 Å². The highest BCUT2D eigenvalue weighted by atomic mass is 16.6. The molecule has 0 aliphatic carbocycles. The molecule has 1 aliphatic heterocycles. The first-order chi connectivity index (χ1) is 35.2. The highest BCUT2D eigenvalue weighted by Gasteiger charge is 2.53. The molecule has 14 nitrogen and oxygen atoms in total. The van der Waals surface area contributed by atoms with Gasteiger partial charge in [0.15, 0.2) is 17.4 Å². The third-order valence-electron chi connectivity index (χ3n) is 12.9. The second-order valence-corrected chi connectivity index (χ2v) is 17.4. The first-order valence-electron chi connectivity index (χ1n) is 23.6. The Bertz CT molecular complexity index is 3050. The lowest BCUT2D eigenvalue weighted by Crippen LogP contribution is -2.45. The fraction of sp³-hybridized carbons (Fsp3) is 0.172. The first-order valence-corrected chi connectivity index (χ1v) is 23.6. The molecule has 2 aromatic heterocycles. The molecule has 0 radical (unpaired) electrons. The molecule has 72 heavy (non-hydrogen) atoms. The number of nitro benzene ring substituents is 1. The monoisotopic (exact) mass is 958 g/mol. The van der Waals surface area contributed by atoms with Gasteiger partial charge in [-0.05, 0) is 38.9 Å². The number of aromatic nitrogens is 4. The highest BCUT2D eigenvalue weighted by Crippen LogP contribution is 2.47. The lowest BCUT2D eigenvalue weighted by Gasteiger charge is -2.40. The Balaban J connectivity index is 1.10. The molecular formula is C58H50N6O8. The third kappa shape index (κ3) is 9.34. The van der Waals surface area contributed by atoms with Crippen molar-refractivity contribution < 1.29 is 33.8 Å². The van der Waals surface area contributed by atoms with Crippen LogP contribution in [-0.4, -0.2) is 67.0 Å². The molecule has 7 aromatic carbocycles. The number of hydrogen-bond acceptors (Lipinski definition) is 11. The summed E-state index contributed by atoms with van der Waals surface area (Å²) >= 11 is 0. The van der Waals surface area contributed by atoms with Crippen LogP contribution >= 0.6 is 0 Å². The topological polar surface area (TPSA) is 173 Å². The average molecular weight is 959 g/mol. The molecule has 9 aromatic rings. The van der Waals surface area contributed by atoms with E-state index >= 15 is 0 Å². The molecule has 2 N–H and O–H groups in total. The van der Waals surface area contributed by atoms with E-state index in [1.165, 1.54) is 25.4 Å². The Morgan fingerprint density at radius 1 is 0.681 bits per heavy atom. The number of fused-ring (bicyclic) bond motifs is 1.